The minimum absolute atomic E-state index is 0.111. The quantitative estimate of drug-likeness (QED) is 0.0643. The van der Waals surface area contributed by atoms with Crippen molar-refractivity contribution in [1.82, 2.24) is 9.47 Å². The Labute approximate surface area is 299 Å². The Morgan fingerprint density at radius 1 is 0.760 bits per heavy atom. The molecule has 0 unspecified atom stereocenters. The smallest absolute Gasteiger partial charge is 0.307 e. The lowest BCUT2D eigenvalue weighted by Gasteiger charge is -2.36. The average Bonchev–Trinajstić information content (AvgIpc) is 3.61. The number of anilines is 1. The van der Waals surface area contributed by atoms with E-state index in [4.69, 9.17) is 14.6 Å². The second-order valence-electron chi connectivity index (χ2n) is 13.4. The highest BCUT2D eigenvalue weighted by molar-refractivity contribution is 7.17. The minimum atomic E-state index is -0.711. The number of carbonyl (C=O) groups is 2. The Balaban J connectivity index is 0.954. The number of carboxylic acid groups (broad SMARTS) is 1. The van der Waals surface area contributed by atoms with Crippen molar-refractivity contribution < 1.29 is 24.2 Å². The van der Waals surface area contributed by atoms with Crippen LogP contribution in [0.3, 0.4) is 0 Å². The molecule has 0 saturated carbocycles. The van der Waals surface area contributed by atoms with Crippen LogP contribution < -0.4 is 15.2 Å². The van der Waals surface area contributed by atoms with Gasteiger partial charge in [-0.05, 0) is 79.4 Å². The second kappa shape index (κ2) is 20.1. The number of aromatic nitrogens is 1. The van der Waals surface area contributed by atoms with Crippen LogP contribution in [-0.4, -0.2) is 65.8 Å². The van der Waals surface area contributed by atoms with E-state index in [1.807, 2.05) is 18.2 Å². The van der Waals surface area contributed by atoms with Gasteiger partial charge < -0.3 is 19.5 Å². The number of carboxylic acids is 1. The summed E-state index contributed by atoms with van der Waals surface area (Å²) in [5.41, 5.74) is 1.84. The van der Waals surface area contributed by atoms with Gasteiger partial charge in [-0.15, -0.1) is 11.3 Å². The van der Waals surface area contributed by atoms with Crippen LogP contribution in [0.1, 0.15) is 89.9 Å². The number of piperazine rings is 1. The topological polar surface area (TPSA) is 101 Å². The molecule has 1 saturated heterocycles. The van der Waals surface area contributed by atoms with Crippen molar-refractivity contribution in [2.24, 2.45) is 0 Å². The zero-order chi connectivity index (χ0) is 35.0. The number of fused-ring (bicyclic) bond motifs is 2. The van der Waals surface area contributed by atoms with E-state index in [9.17, 15) is 14.4 Å². The molecule has 0 spiro atoms. The Morgan fingerprint density at radius 3 is 2.20 bits per heavy atom. The van der Waals surface area contributed by atoms with Crippen molar-refractivity contribution in [2.75, 3.05) is 44.2 Å². The molecular weight excluding hydrogens is 651 g/mol. The summed E-state index contributed by atoms with van der Waals surface area (Å²) in [6.45, 7) is 5.76. The van der Waals surface area contributed by atoms with Gasteiger partial charge in [0.25, 0.3) is 5.56 Å². The summed E-state index contributed by atoms with van der Waals surface area (Å²) in [5, 5.41) is 13.1. The fourth-order valence-electron chi connectivity index (χ4n) is 6.75. The lowest BCUT2D eigenvalue weighted by Crippen LogP contribution is -2.46. The molecule has 2 aromatic heterocycles. The number of hydrogen-bond acceptors (Lipinski definition) is 8. The molecule has 10 heteroatoms. The molecule has 1 aliphatic heterocycles. The molecule has 3 heterocycles. The number of thiophene rings is 1. The molecule has 0 atom stereocenters. The number of nitrogens with zero attached hydrogens (tertiary/aromatic N) is 3. The SMILES string of the molecule is O=C(O)CCCCCCCCCCCCC(=O)OCn1c(=O)ccc2ccc(OCCCCN3CCN(c4cccc5sccc45)CC3)cc21. The van der Waals surface area contributed by atoms with Crippen molar-refractivity contribution >= 4 is 50.0 Å². The summed E-state index contributed by atoms with van der Waals surface area (Å²) in [6, 6.07) is 17.9. The Bertz CT molecular complexity index is 1710. The standard InChI is InChI=1S/C40H53N3O6S/c44-38-21-19-32-18-20-33(48-28-12-11-23-41-24-26-42(27-25-41)35-14-13-15-37-34(35)22-29-50-37)30-36(32)43(38)31-49-40(47)17-10-8-6-4-2-1-3-5-7-9-16-39(45)46/h13-15,18-22,29-30H,1-12,16-17,23-28,31H2,(H,45,46). The molecule has 0 radical (unpaired) electrons. The average molecular weight is 704 g/mol. The van der Waals surface area contributed by atoms with Gasteiger partial charge in [-0.2, -0.15) is 0 Å². The maximum absolute atomic E-state index is 12.7. The number of unbranched alkanes of at least 4 members (excludes halogenated alkanes) is 10. The summed E-state index contributed by atoms with van der Waals surface area (Å²) in [5.74, 6) is -0.293. The molecular formula is C40H53N3O6S. The van der Waals surface area contributed by atoms with Crippen LogP contribution in [0.25, 0.3) is 21.0 Å². The summed E-state index contributed by atoms with van der Waals surface area (Å²) >= 11 is 1.80. The van der Waals surface area contributed by atoms with Crippen molar-refractivity contribution in [3.63, 3.8) is 0 Å². The Morgan fingerprint density at radius 2 is 1.46 bits per heavy atom. The fourth-order valence-corrected chi connectivity index (χ4v) is 7.56. The lowest BCUT2D eigenvalue weighted by atomic mass is 10.1. The van der Waals surface area contributed by atoms with E-state index in [0.29, 0.717) is 24.3 Å². The van der Waals surface area contributed by atoms with Crippen LogP contribution in [0, 0.1) is 0 Å². The number of ether oxygens (including phenoxy) is 2. The molecule has 4 aromatic rings. The summed E-state index contributed by atoms with van der Waals surface area (Å²) in [7, 11) is 0. The van der Waals surface area contributed by atoms with E-state index in [-0.39, 0.29) is 24.7 Å². The van der Waals surface area contributed by atoms with Gasteiger partial charge in [0.2, 0.25) is 0 Å². The molecule has 2 aromatic carbocycles. The van der Waals surface area contributed by atoms with Gasteiger partial charge in [-0.25, -0.2) is 0 Å². The van der Waals surface area contributed by atoms with E-state index in [0.717, 1.165) is 102 Å². The number of carbonyl (C=O) groups excluding carboxylic acids is 1. The van der Waals surface area contributed by atoms with Gasteiger partial charge in [-0.3, -0.25) is 23.9 Å². The van der Waals surface area contributed by atoms with Crippen molar-refractivity contribution in [2.45, 2.75) is 96.6 Å². The molecule has 5 rings (SSSR count). The van der Waals surface area contributed by atoms with E-state index in [1.54, 1.807) is 17.4 Å². The molecule has 1 N–H and O–H groups in total. The molecule has 270 valence electrons. The first-order valence-electron chi connectivity index (χ1n) is 18.6. The molecule has 1 fully saturated rings. The van der Waals surface area contributed by atoms with Crippen LogP contribution in [0.5, 0.6) is 5.75 Å². The first-order chi connectivity index (χ1) is 24.5. The van der Waals surface area contributed by atoms with E-state index in [2.05, 4.69) is 39.4 Å². The molecule has 0 aliphatic carbocycles. The van der Waals surface area contributed by atoms with Crippen molar-refractivity contribution in [1.29, 1.82) is 0 Å². The minimum Gasteiger partial charge on any atom is -0.494 e. The highest BCUT2D eigenvalue weighted by atomic mass is 32.1. The maximum Gasteiger partial charge on any atom is 0.307 e. The third-order valence-electron chi connectivity index (χ3n) is 9.66. The summed E-state index contributed by atoms with van der Waals surface area (Å²) in [6.07, 6.45) is 13.0. The number of rotatable bonds is 22. The number of aliphatic carboxylic acids is 1. The van der Waals surface area contributed by atoms with Gasteiger partial charge in [0.05, 0.1) is 12.1 Å². The molecule has 9 nitrogen and oxygen atoms in total. The third-order valence-corrected chi connectivity index (χ3v) is 10.5. The van der Waals surface area contributed by atoms with Crippen LogP contribution in [0.4, 0.5) is 5.69 Å². The number of hydrogen-bond donors (Lipinski definition) is 1. The van der Waals surface area contributed by atoms with Gasteiger partial charge in [0.15, 0.2) is 6.73 Å². The zero-order valence-electron chi connectivity index (χ0n) is 29.4. The van der Waals surface area contributed by atoms with Gasteiger partial charge in [-0.1, -0.05) is 57.4 Å². The van der Waals surface area contributed by atoms with E-state index in [1.165, 1.54) is 39.2 Å². The molecule has 50 heavy (non-hydrogen) atoms. The predicted octanol–water partition coefficient (Wildman–Crippen LogP) is 8.46. The predicted molar refractivity (Wildman–Crippen MR) is 203 cm³/mol. The fraction of sp³-hybridized carbons (Fsp3) is 0.525. The highest BCUT2D eigenvalue weighted by Crippen LogP contribution is 2.31. The lowest BCUT2D eigenvalue weighted by molar-refractivity contribution is -0.147. The molecule has 1 aliphatic rings. The van der Waals surface area contributed by atoms with Gasteiger partial charge in [0, 0.05) is 66.9 Å². The zero-order valence-corrected chi connectivity index (χ0v) is 30.2. The van der Waals surface area contributed by atoms with E-state index >= 15 is 0 Å². The molecule has 0 bridgehead atoms. The number of pyridine rings is 1. The third kappa shape index (κ3) is 11.6. The first kappa shape index (κ1) is 37.4. The van der Waals surface area contributed by atoms with Crippen LogP contribution >= 0.6 is 11.3 Å². The number of esters is 1. The first-order valence-corrected chi connectivity index (χ1v) is 19.4. The van der Waals surface area contributed by atoms with Crippen molar-refractivity contribution in [3.8, 4) is 5.75 Å². The largest absolute Gasteiger partial charge is 0.494 e. The molecule has 0 amide bonds. The van der Waals surface area contributed by atoms with Crippen LogP contribution in [0.2, 0.25) is 0 Å². The summed E-state index contributed by atoms with van der Waals surface area (Å²) < 4.78 is 14.5. The Kier molecular flexibility index (Phi) is 15.0. The van der Waals surface area contributed by atoms with Crippen LogP contribution in [-0.2, 0) is 21.1 Å². The van der Waals surface area contributed by atoms with E-state index < -0.39 is 5.97 Å². The van der Waals surface area contributed by atoms with Gasteiger partial charge in [0.1, 0.15) is 5.75 Å². The number of benzene rings is 2. The second-order valence-corrected chi connectivity index (χ2v) is 14.3. The monoisotopic (exact) mass is 703 g/mol. The maximum atomic E-state index is 12.7. The van der Waals surface area contributed by atoms with Crippen molar-refractivity contribution in [3.05, 3.63) is 70.3 Å². The highest BCUT2D eigenvalue weighted by Gasteiger charge is 2.18. The normalized spacial score (nSPS) is 13.6. The van der Waals surface area contributed by atoms with Gasteiger partial charge >= 0.3 is 11.9 Å². The summed E-state index contributed by atoms with van der Waals surface area (Å²) in [4.78, 5) is 40.8. The van der Waals surface area contributed by atoms with Crippen LogP contribution in [0.15, 0.2) is 64.8 Å². The Hall–Kier alpha value is -3.89.